The van der Waals surface area contributed by atoms with Crippen molar-refractivity contribution in [3.8, 4) is 0 Å². The van der Waals surface area contributed by atoms with Crippen molar-refractivity contribution >= 4 is 23.2 Å². The highest BCUT2D eigenvalue weighted by Crippen LogP contribution is 2.24. The summed E-state index contributed by atoms with van der Waals surface area (Å²) in [4.78, 5) is 29.2. The van der Waals surface area contributed by atoms with Gasteiger partial charge in [0.15, 0.2) is 0 Å². The van der Waals surface area contributed by atoms with Gasteiger partial charge in [0.25, 0.3) is 0 Å². The lowest BCUT2D eigenvalue weighted by Gasteiger charge is -2.32. The van der Waals surface area contributed by atoms with Gasteiger partial charge in [0.05, 0.1) is 0 Å². The Morgan fingerprint density at radius 3 is 2.17 bits per heavy atom. The zero-order chi connectivity index (χ0) is 20.6. The standard InChI is InChI=1S/C23H36N4O2/c1-3-26-14-12-20(13-15-26)25-23(29)9-8-22(28)24-19-4-6-21(7-5-19)27-16-10-18(2)11-17-27/h4-7,18,20H,3,8-17H2,1-2H3,(H,24,28)(H,25,29). The second-order valence-corrected chi connectivity index (χ2v) is 8.54. The predicted molar refractivity (Wildman–Crippen MR) is 118 cm³/mol. The van der Waals surface area contributed by atoms with E-state index in [4.69, 9.17) is 0 Å². The molecule has 0 bridgehead atoms. The molecule has 2 aliphatic heterocycles. The van der Waals surface area contributed by atoms with Crippen molar-refractivity contribution in [3.05, 3.63) is 24.3 Å². The van der Waals surface area contributed by atoms with E-state index in [-0.39, 0.29) is 30.7 Å². The number of piperidine rings is 2. The molecule has 160 valence electrons. The molecule has 0 spiro atoms. The van der Waals surface area contributed by atoms with E-state index in [0.29, 0.717) is 0 Å². The molecular formula is C23H36N4O2. The first kappa shape index (κ1) is 21.6. The molecule has 2 N–H and O–H groups in total. The molecule has 0 unspecified atom stereocenters. The van der Waals surface area contributed by atoms with Crippen molar-refractivity contribution in [2.45, 2.75) is 58.4 Å². The zero-order valence-electron chi connectivity index (χ0n) is 18.0. The molecule has 0 saturated carbocycles. The summed E-state index contributed by atoms with van der Waals surface area (Å²) in [5, 5.41) is 5.99. The third kappa shape index (κ3) is 6.74. The maximum Gasteiger partial charge on any atom is 0.224 e. The molecule has 0 aromatic heterocycles. The molecule has 0 radical (unpaired) electrons. The van der Waals surface area contributed by atoms with Crippen LogP contribution in [-0.2, 0) is 9.59 Å². The van der Waals surface area contributed by atoms with Gasteiger partial charge in [0.2, 0.25) is 11.8 Å². The van der Waals surface area contributed by atoms with Crippen molar-refractivity contribution in [1.82, 2.24) is 10.2 Å². The number of carbonyl (C=O) groups is 2. The number of anilines is 2. The Hall–Kier alpha value is -2.08. The van der Waals surface area contributed by atoms with Crippen LogP contribution >= 0.6 is 0 Å². The monoisotopic (exact) mass is 400 g/mol. The molecule has 2 saturated heterocycles. The molecule has 1 aromatic carbocycles. The number of likely N-dealkylation sites (tertiary alicyclic amines) is 1. The van der Waals surface area contributed by atoms with Gasteiger partial charge in [0, 0.05) is 56.4 Å². The molecular weight excluding hydrogens is 364 g/mol. The van der Waals surface area contributed by atoms with Crippen molar-refractivity contribution < 1.29 is 9.59 Å². The third-order valence-electron chi connectivity index (χ3n) is 6.28. The molecule has 1 aromatic rings. The summed E-state index contributed by atoms with van der Waals surface area (Å²) in [6.07, 6.45) is 4.91. The molecule has 0 aliphatic carbocycles. The van der Waals surface area contributed by atoms with Gasteiger partial charge in [-0.1, -0.05) is 13.8 Å². The van der Waals surface area contributed by atoms with Gasteiger partial charge >= 0.3 is 0 Å². The Bertz CT molecular complexity index is 660. The first-order valence-corrected chi connectivity index (χ1v) is 11.2. The summed E-state index contributed by atoms with van der Waals surface area (Å²) in [5.74, 6) is 0.677. The highest BCUT2D eigenvalue weighted by Gasteiger charge is 2.20. The minimum atomic E-state index is -0.111. The molecule has 2 heterocycles. The van der Waals surface area contributed by atoms with Crippen LogP contribution in [0.4, 0.5) is 11.4 Å². The molecule has 2 fully saturated rings. The number of rotatable bonds is 7. The first-order valence-electron chi connectivity index (χ1n) is 11.2. The SMILES string of the molecule is CCN1CCC(NC(=O)CCC(=O)Nc2ccc(N3CCC(C)CC3)cc2)CC1. The van der Waals surface area contributed by atoms with Gasteiger partial charge in [-0.2, -0.15) is 0 Å². The van der Waals surface area contributed by atoms with Crippen LogP contribution in [0.3, 0.4) is 0 Å². The average Bonchev–Trinajstić information content (AvgIpc) is 2.74. The summed E-state index contributed by atoms with van der Waals surface area (Å²) in [5.41, 5.74) is 2.00. The van der Waals surface area contributed by atoms with Gasteiger partial charge in [-0.05, 0) is 62.4 Å². The molecule has 2 amide bonds. The predicted octanol–water partition coefficient (Wildman–Crippen LogP) is 3.24. The van der Waals surface area contributed by atoms with Crippen LogP contribution in [-0.4, -0.2) is 55.5 Å². The summed E-state index contributed by atoms with van der Waals surface area (Å²) in [6, 6.07) is 8.29. The van der Waals surface area contributed by atoms with Crippen molar-refractivity contribution in [2.75, 3.05) is 42.9 Å². The van der Waals surface area contributed by atoms with Crippen LogP contribution in [0.2, 0.25) is 0 Å². The third-order valence-corrected chi connectivity index (χ3v) is 6.28. The molecule has 0 atom stereocenters. The second-order valence-electron chi connectivity index (χ2n) is 8.54. The Kier molecular flexibility index (Phi) is 7.92. The number of carbonyl (C=O) groups excluding carboxylic acids is 2. The van der Waals surface area contributed by atoms with E-state index >= 15 is 0 Å². The maximum absolute atomic E-state index is 12.2. The Labute approximate surface area is 175 Å². The van der Waals surface area contributed by atoms with Crippen molar-refractivity contribution in [3.63, 3.8) is 0 Å². The minimum absolute atomic E-state index is 0.0234. The number of hydrogen-bond acceptors (Lipinski definition) is 4. The van der Waals surface area contributed by atoms with Gasteiger partial charge in [-0.15, -0.1) is 0 Å². The van der Waals surface area contributed by atoms with E-state index in [1.54, 1.807) is 0 Å². The van der Waals surface area contributed by atoms with Crippen LogP contribution in [0.15, 0.2) is 24.3 Å². The lowest BCUT2D eigenvalue weighted by atomic mass is 9.99. The fourth-order valence-corrected chi connectivity index (χ4v) is 4.17. The van der Waals surface area contributed by atoms with E-state index in [1.807, 2.05) is 12.1 Å². The molecule has 2 aliphatic rings. The van der Waals surface area contributed by atoms with Gasteiger partial charge in [-0.25, -0.2) is 0 Å². The lowest BCUT2D eigenvalue weighted by Crippen LogP contribution is -2.44. The lowest BCUT2D eigenvalue weighted by molar-refractivity contribution is -0.125. The fourth-order valence-electron chi connectivity index (χ4n) is 4.17. The fraction of sp³-hybridized carbons (Fsp3) is 0.652. The van der Waals surface area contributed by atoms with Gasteiger partial charge < -0.3 is 20.4 Å². The maximum atomic E-state index is 12.2. The minimum Gasteiger partial charge on any atom is -0.372 e. The molecule has 29 heavy (non-hydrogen) atoms. The number of hydrogen-bond donors (Lipinski definition) is 2. The molecule has 6 nitrogen and oxygen atoms in total. The van der Waals surface area contributed by atoms with Crippen LogP contribution < -0.4 is 15.5 Å². The highest BCUT2D eigenvalue weighted by atomic mass is 16.2. The van der Waals surface area contributed by atoms with Crippen LogP contribution in [0.25, 0.3) is 0 Å². The number of benzene rings is 1. The van der Waals surface area contributed by atoms with E-state index < -0.39 is 0 Å². The molecule has 3 rings (SSSR count). The summed E-state index contributed by atoms with van der Waals surface area (Å²) in [7, 11) is 0. The quantitative estimate of drug-likeness (QED) is 0.737. The normalized spacial score (nSPS) is 19.2. The summed E-state index contributed by atoms with van der Waals surface area (Å²) in [6.45, 7) is 9.81. The van der Waals surface area contributed by atoms with Crippen LogP contribution in [0, 0.1) is 5.92 Å². The van der Waals surface area contributed by atoms with Gasteiger partial charge in [0.1, 0.15) is 0 Å². The Morgan fingerprint density at radius 1 is 0.931 bits per heavy atom. The zero-order valence-corrected chi connectivity index (χ0v) is 18.0. The largest absolute Gasteiger partial charge is 0.372 e. The molecule has 6 heteroatoms. The second kappa shape index (κ2) is 10.6. The number of amides is 2. The summed E-state index contributed by atoms with van der Waals surface area (Å²) < 4.78 is 0. The van der Waals surface area contributed by atoms with Gasteiger partial charge in [-0.3, -0.25) is 9.59 Å². The highest BCUT2D eigenvalue weighted by molar-refractivity contribution is 5.93. The average molecular weight is 401 g/mol. The van der Waals surface area contributed by atoms with E-state index in [2.05, 4.69) is 46.4 Å². The van der Waals surface area contributed by atoms with E-state index in [1.165, 1.54) is 18.5 Å². The topological polar surface area (TPSA) is 64.7 Å². The summed E-state index contributed by atoms with van der Waals surface area (Å²) >= 11 is 0. The van der Waals surface area contributed by atoms with Crippen LogP contribution in [0.1, 0.15) is 52.4 Å². The van der Waals surface area contributed by atoms with E-state index in [0.717, 1.165) is 57.2 Å². The van der Waals surface area contributed by atoms with E-state index in [9.17, 15) is 9.59 Å². The van der Waals surface area contributed by atoms with Crippen LogP contribution in [0.5, 0.6) is 0 Å². The number of nitrogens with zero attached hydrogens (tertiary/aromatic N) is 2. The Morgan fingerprint density at radius 2 is 1.55 bits per heavy atom. The smallest absolute Gasteiger partial charge is 0.224 e. The van der Waals surface area contributed by atoms with Crippen molar-refractivity contribution in [1.29, 1.82) is 0 Å². The number of nitrogens with one attached hydrogen (secondary N) is 2. The first-order chi connectivity index (χ1) is 14.0. The van der Waals surface area contributed by atoms with Crippen molar-refractivity contribution in [2.24, 2.45) is 5.92 Å². The Balaban J connectivity index is 1.36.